The van der Waals surface area contributed by atoms with E-state index in [2.05, 4.69) is 12.2 Å². The van der Waals surface area contributed by atoms with E-state index >= 15 is 0 Å². The molecule has 0 aromatic carbocycles. The van der Waals surface area contributed by atoms with Crippen LogP contribution in [0.25, 0.3) is 0 Å². The van der Waals surface area contributed by atoms with Gasteiger partial charge >= 0.3 is 0 Å². The summed E-state index contributed by atoms with van der Waals surface area (Å²) in [6, 6.07) is 0.393. The lowest BCUT2D eigenvalue weighted by Gasteiger charge is -2.38. The molecule has 116 valence electrons. The van der Waals surface area contributed by atoms with E-state index in [1.165, 1.54) is 0 Å². The lowest BCUT2D eigenvalue weighted by Crippen LogP contribution is -2.57. The molecule has 0 bridgehead atoms. The van der Waals surface area contributed by atoms with Gasteiger partial charge in [0.25, 0.3) is 0 Å². The smallest absolute Gasteiger partial charge is 0.223 e. The molecule has 1 saturated carbocycles. The van der Waals surface area contributed by atoms with E-state index in [9.17, 15) is 13.2 Å². The van der Waals surface area contributed by atoms with Crippen LogP contribution in [-0.4, -0.2) is 55.4 Å². The summed E-state index contributed by atoms with van der Waals surface area (Å²) in [5.74, 6) is -0.00550. The number of rotatable bonds is 4. The van der Waals surface area contributed by atoms with Crippen LogP contribution in [0.4, 0.5) is 0 Å². The van der Waals surface area contributed by atoms with Gasteiger partial charge in [-0.2, -0.15) is 0 Å². The summed E-state index contributed by atoms with van der Waals surface area (Å²) in [6.07, 6.45) is 3.69. The maximum absolute atomic E-state index is 12.2. The quantitative estimate of drug-likeness (QED) is 0.839. The van der Waals surface area contributed by atoms with Crippen molar-refractivity contribution in [2.75, 3.05) is 18.8 Å². The molecule has 1 saturated heterocycles. The fraction of sp³-hybridized carbons (Fsp3) is 0.929. The maximum Gasteiger partial charge on any atom is 0.223 e. The molecule has 1 heterocycles. The maximum atomic E-state index is 12.2. The first kappa shape index (κ1) is 15.8. The van der Waals surface area contributed by atoms with Gasteiger partial charge in [0.2, 0.25) is 5.91 Å². The van der Waals surface area contributed by atoms with E-state index in [1.807, 2.05) is 11.8 Å². The molecule has 20 heavy (non-hydrogen) atoms. The summed E-state index contributed by atoms with van der Waals surface area (Å²) in [4.78, 5) is 14.1. The van der Waals surface area contributed by atoms with Crippen LogP contribution in [0.2, 0.25) is 0 Å². The van der Waals surface area contributed by atoms with Crippen molar-refractivity contribution < 1.29 is 13.2 Å². The summed E-state index contributed by atoms with van der Waals surface area (Å²) in [7, 11) is -3.09. The molecule has 2 rings (SSSR count). The minimum Gasteiger partial charge on any atom is -0.337 e. The molecule has 2 aliphatic rings. The van der Waals surface area contributed by atoms with Gasteiger partial charge in [-0.3, -0.25) is 4.79 Å². The Kier molecular flexibility index (Phi) is 5.07. The highest BCUT2D eigenvalue weighted by atomic mass is 32.2. The Morgan fingerprint density at radius 1 is 1.25 bits per heavy atom. The van der Waals surface area contributed by atoms with Gasteiger partial charge in [-0.25, -0.2) is 8.42 Å². The zero-order valence-electron chi connectivity index (χ0n) is 12.5. The van der Waals surface area contributed by atoms with Crippen LogP contribution < -0.4 is 5.32 Å². The first-order valence-corrected chi connectivity index (χ1v) is 9.38. The summed E-state index contributed by atoms with van der Waals surface area (Å²) in [5.41, 5.74) is 0. The van der Waals surface area contributed by atoms with Crippen LogP contribution in [0.5, 0.6) is 0 Å². The second-order valence-electron chi connectivity index (χ2n) is 6.09. The highest BCUT2D eigenvalue weighted by molar-refractivity contribution is 7.92. The van der Waals surface area contributed by atoms with Gasteiger partial charge in [0.1, 0.15) is 0 Å². The molecule has 5 nitrogen and oxygen atoms in total. The third kappa shape index (κ3) is 3.52. The number of sulfone groups is 1. The molecule has 0 aromatic rings. The normalized spacial score (nSPS) is 28.8. The van der Waals surface area contributed by atoms with Crippen molar-refractivity contribution in [3.8, 4) is 0 Å². The topological polar surface area (TPSA) is 66.5 Å². The van der Waals surface area contributed by atoms with Crippen molar-refractivity contribution >= 4 is 15.7 Å². The number of hydrogen-bond acceptors (Lipinski definition) is 4. The number of hydrogen-bond donors (Lipinski definition) is 1. The Morgan fingerprint density at radius 2 is 1.90 bits per heavy atom. The number of carbonyl (C=O) groups is 1. The molecule has 2 fully saturated rings. The van der Waals surface area contributed by atoms with Gasteiger partial charge in [-0.1, -0.05) is 12.8 Å². The predicted octanol–water partition coefficient (Wildman–Crippen LogP) is 0.943. The van der Waals surface area contributed by atoms with Crippen LogP contribution in [-0.2, 0) is 14.6 Å². The monoisotopic (exact) mass is 302 g/mol. The van der Waals surface area contributed by atoms with Crippen LogP contribution in [0.1, 0.15) is 46.0 Å². The van der Waals surface area contributed by atoms with E-state index < -0.39 is 9.84 Å². The van der Waals surface area contributed by atoms with E-state index in [4.69, 9.17) is 0 Å². The Morgan fingerprint density at radius 3 is 2.55 bits per heavy atom. The number of nitrogens with one attached hydrogen (secondary N) is 1. The lowest BCUT2D eigenvalue weighted by atomic mass is 10.1. The number of amides is 1. The predicted molar refractivity (Wildman–Crippen MR) is 79.3 cm³/mol. The van der Waals surface area contributed by atoms with Crippen molar-refractivity contribution in [3.63, 3.8) is 0 Å². The highest BCUT2D eigenvalue weighted by Gasteiger charge is 2.32. The Labute approximate surface area is 122 Å². The highest BCUT2D eigenvalue weighted by Crippen LogP contribution is 2.25. The Balaban J connectivity index is 1.88. The van der Waals surface area contributed by atoms with Gasteiger partial charge in [-0.15, -0.1) is 0 Å². The largest absolute Gasteiger partial charge is 0.337 e. The molecule has 1 N–H and O–H groups in total. The molecule has 2 unspecified atom stereocenters. The second kappa shape index (κ2) is 6.43. The van der Waals surface area contributed by atoms with E-state index in [-0.39, 0.29) is 35.4 Å². The minimum atomic E-state index is -3.09. The zero-order chi connectivity index (χ0) is 14.8. The van der Waals surface area contributed by atoms with Gasteiger partial charge in [0.15, 0.2) is 9.84 Å². The summed E-state index contributed by atoms with van der Waals surface area (Å²) < 4.78 is 24.4. The van der Waals surface area contributed by atoms with Crippen molar-refractivity contribution in [2.45, 2.75) is 63.3 Å². The first-order chi connectivity index (χ1) is 9.42. The summed E-state index contributed by atoms with van der Waals surface area (Å²) in [6.45, 7) is 5.53. The van der Waals surface area contributed by atoms with Crippen LogP contribution >= 0.6 is 0 Å². The van der Waals surface area contributed by atoms with Crippen molar-refractivity contribution in [2.24, 2.45) is 0 Å². The second-order valence-corrected chi connectivity index (χ2v) is 8.49. The minimum absolute atomic E-state index is 0.0154. The van der Waals surface area contributed by atoms with Crippen molar-refractivity contribution in [1.82, 2.24) is 10.2 Å². The molecule has 2 atom stereocenters. The first-order valence-electron chi connectivity index (χ1n) is 7.66. The lowest BCUT2D eigenvalue weighted by molar-refractivity contribution is -0.134. The zero-order valence-corrected chi connectivity index (χ0v) is 13.3. The molecule has 0 radical (unpaired) electrons. The fourth-order valence-electron chi connectivity index (χ4n) is 3.20. The number of carbonyl (C=O) groups excluding carboxylic acids is 1. The van der Waals surface area contributed by atoms with E-state index in [0.29, 0.717) is 6.54 Å². The number of nitrogens with zero attached hydrogens (tertiary/aromatic N) is 1. The van der Waals surface area contributed by atoms with Crippen molar-refractivity contribution in [3.05, 3.63) is 0 Å². The third-order valence-electron chi connectivity index (χ3n) is 4.77. The molecule has 6 heteroatoms. The average Bonchev–Trinajstić information content (AvgIpc) is 2.94. The van der Waals surface area contributed by atoms with E-state index in [0.717, 1.165) is 32.2 Å². The summed E-state index contributed by atoms with van der Waals surface area (Å²) >= 11 is 0. The molecule has 0 spiro atoms. The Bertz CT molecular complexity index is 443. The molecule has 1 amide bonds. The average molecular weight is 302 g/mol. The molecule has 0 aromatic heterocycles. The SMILES string of the molecule is CC1NCCN(C(=O)CCS(=O)(=O)C2CCCC2)C1C. The van der Waals surface area contributed by atoms with Gasteiger partial charge in [0, 0.05) is 31.6 Å². The standard InChI is InChI=1S/C14H26N2O3S/c1-11-12(2)16(9-8-15-11)14(17)7-10-20(18,19)13-5-3-4-6-13/h11-13,15H,3-10H2,1-2H3. The molecule has 1 aliphatic carbocycles. The van der Waals surface area contributed by atoms with E-state index in [1.54, 1.807) is 0 Å². The van der Waals surface area contributed by atoms with Crippen LogP contribution in [0.3, 0.4) is 0 Å². The Hall–Kier alpha value is -0.620. The number of piperazine rings is 1. The van der Waals surface area contributed by atoms with Gasteiger partial charge in [0.05, 0.1) is 11.0 Å². The van der Waals surface area contributed by atoms with Gasteiger partial charge in [-0.05, 0) is 26.7 Å². The summed E-state index contributed by atoms with van der Waals surface area (Å²) in [5, 5.41) is 3.12. The molecular weight excluding hydrogens is 276 g/mol. The fourth-order valence-corrected chi connectivity index (χ4v) is 5.04. The van der Waals surface area contributed by atoms with Crippen molar-refractivity contribution in [1.29, 1.82) is 0 Å². The van der Waals surface area contributed by atoms with Crippen LogP contribution in [0.15, 0.2) is 0 Å². The third-order valence-corrected chi connectivity index (χ3v) is 7.03. The molecule has 1 aliphatic heterocycles. The van der Waals surface area contributed by atoms with Gasteiger partial charge < -0.3 is 10.2 Å². The van der Waals surface area contributed by atoms with Crippen LogP contribution in [0, 0.1) is 0 Å². The molecular formula is C14H26N2O3S.